The topological polar surface area (TPSA) is 91.4 Å². The number of likely N-dealkylation sites (N-methyl/N-ethyl adjacent to an activating group) is 1. The molecule has 1 saturated heterocycles. The Bertz CT molecular complexity index is 887. The molecule has 2 fully saturated rings. The van der Waals surface area contributed by atoms with Crippen LogP contribution in [0.4, 0.5) is 5.82 Å². The van der Waals surface area contributed by atoms with Gasteiger partial charge in [0.2, 0.25) is 10.0 Å². The van der Waals surface area contributed by atoms with Crippen LogP contribution in [0.15, 0.2) is 18.6 Å². The summed E-state index contributed by atoms with van der Waals surface area (Å²) in [6.07, 6.45) is 6.95. The summed E-state index contributed by atoms with van der Waals surface area (Å²) >= 11 is 0. The number of hydrogen-bond acceptors (Lipinski definition) is 6. The average molecular weight is 394 g/mol. The van der Waals surface area contributed by atoms with Crippen molar-refractivity contribution in [2.24, 2.45) is 5.92 Å². The first kappa shape index (κ1) is 18.6. The summed E-state index contributed by atoms with van der Waals surface area (Å²) in [5.41, 5.74) is 0.821. The van der Waals surface area contributed by atoms with Crippen molar-refractivity contribution in [3.63, 3.8) is 0 Å². The Balaban J connectivity index is 1.35. The zero-order valence-corrected chi connectivity index (χ0v) is 16.7. The number of H-pyrrole nitrogens is 1. The van der Waals surface area contributed by atoms with Crippen LogP contribution >= 0.6 is 0 Å². The van der Waals surface area contributed by atoms with Crippen LogP contribution < -0.4 is 4.90 Å². The Labute approximate surface area is 160 Å². The van der Waals surface area contributed by atoms with Crippen molar-refractivity contribution < 1.29 is 13.2 Å². The third-order valence-corrected chi connectivity index (χ3v) is 8.03. The molecule has 1 unspecified atom stereocenters. The number of ether oxygens (including phenoxy) is 1. The fourth-order valence-corrected chi connectivity index (χ4v) is 5.84. The smallest absolute Gasteiger partial charge is 0.214 e. The minimum Gasteiger partial charge on any atom is -0.380 e. The number of hydrogen-bond donors (Lipinski definition) is 1. The first-order valence-electron chi connectivity index (χ1n) is 9.50. The Kier molecular flexibility index (Phi) is 5.09. The molecule has 0 radical (unpaired) electrons. The standard InChI is InChI=1S/C18H27N5O3S/c1-22(18-16-5-6-19-17(16)20-12-21-18)15-8-13(9-15)11-27(24,25)23(2)14-4-3-7-26-10-14/h5-6,12-15H,3-4,7-11H2,1-2H3,(H,19,20,21). The second-order valence-electron chi connectivity index (χ2n) is 7.71. The predicted molar refractivity (Wildman–Crippen MR) is 104 cm³/mol. The predicted octanol–water partition coefficient (Wildman–Crippen LogP) is 1.61. The van der Waals surface area contributed by atoms with Gasteiger partial charge in [-0.3, -0.25) is 0 Å². The molecule has 0 bridgehead atoms. The fraction of sp³-hybridized carbons (Fsp3) is 0.667. The molecule has 1 saturated carbocycles. The SMILES string of the molecule is CN(c1ncnc2[nH]ccc12)C1CC(CS(=O)(=O)N(C)C2CCCOC2)C1. The third-order valence-electron chi connectivity index (χ3n) is 5.96. The van der Waals surface area contributed by atoms with Crippen LogP contribution in [0.2, 0.25) is 0 Å². The first-order valence-corrected chi connectivity index (χ1v) is 11.1. The molecular formula is C18H27N5O3S. The van der Waals surface area contributed by atoms with E-state index in [9.17, 15) is 8.42 Å². The van der Waals surface area contributed by atoms with Crippen LogP contribution in [0.5, 0.6) is 0 Å². The van der Waals surface area contributed by atoms with Crippen LogP contribution in [-0.4, -0.2) is 72.8 Å². The van der Waals surface area contributed by atoms with Gasteiger partial charge in [-0.15, -0.1) is 0 Å². The molecule has 4 rings (SSSR count). The molecule has 3 heterocycles. The number of nitrogens with zero attached hydrogens (tertiary/aromatic N) is 4. The van der Waals surface area contributed by atoms with Gasteiger partial charge >= 0.3 is 0 Å². The lowest BCUT2D eigenvalue weighted by Crippen LogP contribution is -2.49. The van der Waals surface area contributed by atoms with Crippen LogP contribution in [0.1, 0.15) is 25.7 Å². The molecule has 27 heavy (non-hydrogen) atoms. The summed E-state index contributed by atoms with van der Waals surface area (Å²) in [5, 5.41) is 0.994. The van der Waals surface area contributed by atoms with Gasteiger partial charge < -0.3 is 14.6 Å². The number of aromatic amines is 1. The molecule has 2 aromatic heterocycles. The van der Waals surface area contributed by atoms with Crippen LogP contribution in [-0.2, 0) is 14.8 Å². The van der Waals surface area contributed by atoms with Gasteiger partial charge in [-0.25, -0.2) is 18.4 Å². The number of rotatable bonds is 6. The Morgan fingerprint density at radius 3 is 2.81 bits per heavy atom. The van der Waals surface area contributed by atoms with Gasteiger partial charge in [-0.1, -0.05) is 0 Å². The molecule has 9 heteroatoms. The second-order valence-corrected chi connectivity index (χ2v) is 9.78. The molecule has 8 nitrogen and oxygen atoms in total. The minimum atomic E-state index is -3.26. The summed E-state index contributed by atoms with van der Waals surface area (Å²) < 4.78 is 32.5. The monoisotopic (exact) mass is 393 g/mol. The molecule has 2 aliphatic rings. The van der Waals surface area contributed by atoms with E-state index < -0.39 is 10.0 Å². The molecule has 1 aliphatic carbocycles. The quantitative estimate of drug-likeness (QED) is 0.802. The van der Waals surface area contributed by atoms with E-state index in [2.05, 4.69) is 19.9 Å². The molecule has 2 aromatic rings. The normalized spacial score (nSPS) is 26.3. The maximum Gasteiger partial charge on any atom is 0.214 e. The van der Waals surface area contributed by atoms with Gasteiger partial charge in [0.25, 0.3) is 0 Å². The largest absolute Gasteiger partial charge is 0.380 e. The highest BCUT2D eigenvalue weighted by Gasteiger charge is 2.38. The van der Waals surface area contributed by atoms with Crippen molar-refractivity contribution in [3.8, 4) is 0 Å². The van der Waals surface area contributed by atoms with Crippen molar-refractivity contribution in [1.29, 1.82) is 0 Å². The van der Waals surface area contributed by atoms with Crippen LogP contribution in [0, 0.1) is 5.92 Å². The van der Waals surface area contributed by atoms with E-state index in [1.165, 1.54) is 4.31 Å². The molecule has 148 valence electrons. The van der Waals surface area contributed by atoms with Gasteiger partial charge in [-0.05, 0) is 37.7 Å². The summed E-state index contributed by atoms with van der Waals surface area (Å²) in [4.78, 5) is 13.9. The lowest BCUT2D eigenvalue weighted by atomic mass is 9.81. The van der Waals surface area contributed by atoms with Crippen molar-refractivity contribution in [2.45, 2.75) is 37.8 Å². The maximum atomic E-state index is 12.8. The Morgan fingerprint density at radius 1 is 1.26 bits per heavy atom. The van der Waals surface area contributed by atoms with Crippen molar-refractivity contribution >= 4 is 26.9 Å². The molecular weight excluding hydrogens is 366 g/mol. The van der Waals surface area contributed by atoms with E-state index in [4.69, 9.17) is 4.74 Å². The van der Waals surface area contributed by atoms with Crippen LogP contribution in [0.3, 0.4) is 0 Å². The van der Waals surface area contributed by atoms with E-state index in [0.717, 1.165) is 49.1 Å². The number of fused-ring (bicyclic) bond motifs is 1. The minimum absolute atomic E-state index is 0.0230. The summed E-state index contributed by atoms with van der Waals surface area (Å²) in [6.45, 7) is 1.24. The number of anilines is 1. The highest BCUT2D eigenvalue weighted by Crippen LogP contribution is 2.36. The molecule has 0 amide bonds. The fourth-order valence-electron chi connectivity index (χ4n) is 4.12. The van der Waals surface area contributed by atoms with Gasteiger partial charge in [0.05, 0.1) is 17.7 Å². The lowest BCUT2D eigenvalue weighted by molar-refractivity contribution is 0.0510. The van der Waals surface area contributed by atoms with Gasteiger partial charge in [0.1, 0.15) is 17.8 Å². The van der Waals surface area contributed by atoms with Crippen molar-refractivity contribution in [3.05, 3.63) is 18.6 Å². The Hall–Kier alpha value is -1.71. The molecule has 1 aliphatic heterocycles. The highest BCUT2D eigenvalue weighted by molar-refractivity contribution is 7.89. The van der Waals surface area contributed by atoms with E-state index in [0.29, 0.717) is 12.6 Å². The van der Waals surface area contributed by atoms with Gasteiger partial charge in [-0.2, -0.15) is 4.31 Å². The van der Waals surface area contributed by atoms with Crippen molar-refractivity contribution in [2.75, 3.05) is 38.0 Å². The van der Waals surface area contributed by atoms with E-state index in [-0.39, 0.29) is 17.7 Å². The summed E-state index contributed by atoms with van der Waals surface area (Å²) in [6, 6.07) is 2.26. The van der Waals surface area contributed by atoms with E-state index in [1.807, 2.05) is 19.3 Å². The van der Waals surface area contributed by atoms with Crippen molar-refractivity contribution in [1.82, 2.24) is 19.3 Å². The molecule has 0 aromatic carbocycles. The zero-order chi connectivity index (χ0) is 19.0. The van der Waals surface area contributed by atoms with E-state index in [1.54, 1.807) is 13.4 Å². The lowest BCUT2D eigenvalue weighted by Gasteiger charge is -2.42. The highest BCUT2D eigenvalue weighted by atomic mass is 32.2. The second kappa shape index (κ2) is 7.37. The third kappa shape index (κ3) is 3.68. The Morgan fingerprint density at radius 2 is 2.07 bits per heavy atom. The molecule has 1 atom stereocenters. The number of aromatic nitrogens is 3. The van der Waals surface area contributed by atoms with Gasteiger partial charge in [0.15, 0.2) is 0 Å². The number of nitrogens with one attached hydrogen (secondary N) is 1. The van der Waals surface area contributed by atoms with Gasteiger partial charge in [0, 0.05) is 39.0 Å². The summed E-state index contributed by atoms with van der Waals surface area (Å²) in [5.74, 6) is 1.30. The van der Waals surface area contributed by atoms with E-state index >= 15 is 0 Å². The first-order chi connectivity index (χ1) is 13.0. The van der Waals surface area contributed by atoms with Crippen LogP contribution in [0.25, 0.3) is 11.0 Å². The maximum absolute atomic E-state index is 12.8. The summed E-state index contributed by atoms with van der Waals surface area (Å²) in [7, 11) is 0.463. The zero-order valence-electron chi connectivity index (χ0n) is 15.8. The molecule has 0 spiro atoms. The average Bonchev–Trinajstić information content (AvgIpc) is 3.12. The molecule has 1 N–H and O–H groups in total. The number of sulfonamides is 1.